The van der Waals surface area contributed by atoms with Gasteiger partial charge in [0, 0.05) is 4.47 Å². The molecule has 0 saturated heterocycles. The van der Waals surface area contributed by atoms with E-state index in [1.54, 1.807) is 11.6 Å². The van der Waals surface area contributed by atoms with Crippen LogP contribution in [0.1, 0.15) is 17.9 Å². The van der Waals surface area contributed by atoms with E-state index in [0.717, 1.165) is 10.2 Å². The van der Waals surface area contributed by atoms with E-state index in [1.807, 2.05) is 24.3 Å². The summed E-state index contributed by atoms with van der Waals surface area (Å²) in [6, 6.07) is 7.38. The summed E-state index contributed by atoms with van der Waals surface area (Å²) in [6.07, 6.45) is -2.72. The quantitative estimate of drug-likeness (QED) is 0.676. The zero-order valence-electron chi connectivity index (χ0n) is 10.8. The van der Waals surface area contributed by atoms with E-state index < -0.39 is 12.2 Å². The van der Waals surface area contributed by atoms with Gasteiger partial charge in [-0.2, -0.15) is 5.10 Å². The number of alkyl halides is 2. The minimum absolute atomic E-state index is 0.123. The van der Waals surface area contributed by atoms with Gasteiger partial charge in [0.15, 0.2) is 5.82 Å². The highest BCUT2D eigenvalue weighted by Gasteiger charge is 2.17. The summed E-state index contributed by atoms with van der Waals surface area (Å²) in [7, 11) is 0. The number of aromatic nitrogens is 4. The molecule has 0 aliphatic rings. The summed E-state index contributed by atoms with van der Waals surface area (Å²) < 4.78 is 28.3. The molecule has 21 heavy (non-hydrogen) atoms. The van der Waals surface area contributed by atoms with E-state index >= 15 is 0 Å². The molecule has 0 atom stereocenters. The number of hydrogen-bond donors (Lipinski definition) is 1. The van der Waals surface area contributed by atoms with E-state index in [1.165, 1.54) is 0 Å². The maximum atomic E-state index is 12.9. The van der Waals surface area contributed by atoms with Crippen LogP contribution in [0.4, 0.5) is 8.78 Å². The van der Waals surface area contributed by atoms with Crippen molar-refractivity contribution in [2.24, 2.45) is 0 Å². The maximum Gasteiger partial charge on any atom is 0.295 e. The molecule has 1 aromatic carbocycles. The molecule has 0 saturated carbocycles. The van der Waals surface area contributed by atoms with Gasteiger partial charge in [0.25, 0.3) is 6.43 Å². The highest BCUT2D eigenvalue weighted by molar-refractivity contribution is 9.10. The van der Waals surface area contributed by atoms with Crippen LogP contribution in [-0.2, 0) is 0 Å². The third-order valence-corrected chi connectivity index (χ3v) is 3.79. The van der Waals surface area contributed by atoms with Crippen molar-refractivity contribution in [2.45, 2.75) is 13.3 Å². The number of halogens is 3. The maximum absolute atomic E-state index is 12.9. The second kappa shape index (κ2) is 5.27. The summed E-state index contributed by atoms with van der Waals surface area (Å²) in [5.74, 6) is -0.455. The Morgan fingerprint density at radius 2 is 2.14 bits per heavy atom. The summed E-state index contributed by atoms with van der Waals surface area (Å²) in [6.45, 7) is 1.77. The van der Waals surface area contributed by atoms with Crippen LogP contribution in [0.15, 0.2) is 28.7 Å². The molecule has 4 nitrogen and oxygen atoms in total. The van der Waals surface area contributed by atoms with Crippen molar-refractivity contribution < 1.29 is 8.78 Å². The van der Waals surface area contributed by atoms with Crippen LogP contribution in [0, 0.1) is 11.6 Å². The number of aromatic amines is 1. The molecule has 3 aromatic rings. The van der Waals surface area contributed by atoms with E-state index in [-0.39, 0.29) is 4.64 Å². The molecule has 2 aromatic heterocycles. The largest absolute Gasteiger partial charge is 0.323 e. The van der Waals surface area contributed by atoms with Gasteiger partial charge in [0.1, 0.15) is 10.3 Å². The van der Waals surface area contributed by atoms with Crippen molar-refractivity contribution in [1.29, 1.82) is 0 Å². The van der Waals surface area contributed by atoms with Crippen molar-refractivity contribution in [3.8, 4) is 5.69 Å². The fourth-order valence-electron chi connectivity index (χ4n) is 2.11. The van der Waals surface area contributed by atoms with E-state index in [2.05, 4.69) is 31.0 Å². The van der Waals surface area contributed by atoms with Gasteiger partial charge in [-0.05, 0) is 25.1 Å². The van der Waals surface area contributed by atoms with Crippen LogP contribution in [0.25, 0.3) is 16.7 Å². The van der Waals surface area contributed by atoms with E-state index in [4.69, 9.17) is 12.2 Å². The summed E-state index contributed by atoms with van der Waals surface area (Å²) in [5, 5.41) is 4.95. The molecule has 8 heteroatoms. The summed E-state index contributed by atoms with van der Waals surface area (Å²) in [4.78, 5) is 6.36. The molecule has 0 unspecified atom stereocenters. The Hall–Kier alpha value is -1.67. The highest BCUT2D eigenvalue weighted by Crippen LogP contribution is 2.25. The van der Waals surface area contributed by atoms with Gasteiger partial charge in [0.05, 0.1) is 16.8 Å². The standard InChI is InChI=1S/C13H9BrF2N4S/c1-6-9-12(17-11(10(15)16)18-13(9)21)20(19-6)8-4-2-3-7(14)5-8/h2-5,10H,1H3,(H,17,18,21). The van der Waals surface area contributed by atoms with Gasteiger partial charge in [-0.15, -0.1) is 0 Å². The lowest BCUT2D eigenvalue weighted by Crippen LogP contribution is -2.01. The van der Waals surface area contributed by atoms with Crippen LogP contribution in [0.5, 0.6) is 0 Å². The fraction of sp³-hybridized carbons (Fsp3) is 0.154. The predicted molar refractivity (Wildman–Crippen MR) is 81.4 cm³/mol. The first-order valence-corrected chi connectivity index (χ1v) is 7.21. The second-order valence-corrected chi connectivity index (χ2v) is 5.73. The van der Waals surface area contributed by atoms with Crippen LogP contribution in [-0.4, -0.2) is 19.7 Å². The third-order valence-electron chi connectivity index (χ3n) is 3.00. The normalized spacial score (nSPS) is 11.5. The first-order valence-electron chi connectivity index (χ1n) is 6.01. The molecule has 0 amide bonds. The molecule has 1 N–H and O–H groups in total. The minimum atomic E-state index is -2.72. The Morgan fingerprint density at radius 3 is 2.81 bits per heavy atom. The lowest BCUT2D eigenvalue weighted by Gasteiger charge is -2.05. The number of rotatable bonds is 2. The van der Waals surface area contributed by atoms with Gasteiger partial charge in [-0.25, -0.2) is 18.4 Å². The SMILES string of the molecule is Cc1nn(-c2cccc(Br)c2)c2[nH]c(C(F)F)nc(=S)c12. The molecular weight excluding hydrogens is 362 g/mol. The summed E-state index contributed by atoms with van der Waals surface area (Å²) >= 11 is 8.49. The van der Waals surface area contributed by atoms with E-state index in [0.29, 0.717) is 16.7 Å². The third kappa shape index (κ3) is 2.49. The monoisotopic (exact) mass is 370 g/mol. The zero-order chi connectivity index (χ0) is 15.1. The van der Waals surface area contributed by atoms with Crippen LogP contribution >= 0.6 is 28.1 Å². The Morgan fingerprint density at radius 1 is 1.38 bits per heavy atom. The number of aryl methyl sites for hydroxylation is 1. The molecule has 0 radical (unpaired) electrons. The van der Waals surface area contributed by atoms with Gasteiger partial charge < -0.3 is 4.98 Å². The number of nitrogens with one attached hydrogen (secondary N) is 1. The molecule has 3 rings (SSSR count). The van der Waals surface area contributed by atoms with Crippen LogP contribution in [0.2, 0.25) is 0 Å². The topological polar surface area (TPSA) is 46.5 Å². The van der Waals surface area contributed by atoms with Crippen molar-refractivity contribution in [3.05, 3.63) is 44.9 Å². The molecule has 0 spiro atoms. The number of nitrogens with zero attached hydrogens (tertiary/aromatic N) is 3. The second-order valence-electron chi connectivity index (χ2n) is 4.43. The van der Waals surface area contributed by atoms with Gasteiger partial charge in [0.2, 0.25) is 0 Å². The molecule has 108 valence electrons. The molecule has 2 heterocycles. The van der Waals surface area contributed by atoms with Gasteiger partial charge in [-0.3, -0.25) is 0 Å². The average Bonchev–Trinajstić information content (AvgIpc) is 2.76. The van der Waals surface area contributed by atoms with E-state index in [9.17, 15) is 8.78 Å². The zero-order valence-corrected chi connectivity index (χ0v) is 13.2. The molecular formula is C13H9BrF2N4S. The fourth-order valence-corrected chi connectivity index (χ4v) is 2.84. The number of H-pyrrole nitrogens is 1. The number of fused-ring (bicyclic) bond motifs is 1. The van der Waals surface area contributed by atoms with Gasteiger partial charge in [-0.1, -0.05) is 34.2 Å². The van der Waals surface area contributed by atoms with Crippen molar-refractivity contribution in [2.75, 3.05) is 0 Å². The molecule has 0 fully saturated rings. The highest BCUT2D eigenvalue weighted by atomic mass is 79.9. The van der Waals surface area contributed by atoms with Crippen molar-refractivity contribution in [1.82, 2.24) is 19.7 Å². The average molecular weight is 371 g/mol. The predicted octanol–water partition coefficient (Wildman–Crippen LogP) is 4.49. The summed E-state index contributed by atoms with van der Waals surface area (Å²) in [5.41, 5.74) is 1.79. The Bertz CT molecular complexity index is 887. The number of hydrogen-bond acceptors (Lipinski definition) is 3. The minimum Gasteiger partial charge on any atom is -0.323 e. The lowest BCUT2D eigenvalue weighted by molar-refractivity contribution is 0.140. The Kier molecular flexibility index (Phi) is 3.58. The van der Waals surface area contributed by atoms with Crippen molar-refractivity contribution >= 4 is 39.2 Å². The van der Waals surface area contributed by atoms with Gasteiger partial charge >= 0.3 is 0 Å². The molecule has 0 aliphatic carbocycles. The van der Waals surface area contributed by atoms with Crippen molar-refractivity contribution in [3.63, 3.8) is 0 Å². The number of benzene rings is 1. The molecule has 0 aliphatic heterocycles. The first-order chi connectivity index (χ1) is 9.97. The lowest BCUT2D eigenvalue weighted by atomic mass is 10.3. The molecule has 0 bridgehead atoms. The smallest absolute Gasteiger partial charge is 0.295 e. The Balaban J connectivity index is 2.36. The Labute approximate surface area is 132 Å². The van der Waals surface area contributed by atoms with Crippen LogP contribution < -0.4 is 0 Å². The first kappa shape index (κ1) is 14.3. The van der Waals surface area contributed by atoms with Crippen LogP contribution in [0.3, 0.4) is 0 Å².